The summed E-state index contributed by atoms with van der Waals surface area (Å²) < 4.78 is 13.6. The SMILES string of the molecule is CCC(C)(CC)n1cc(-c2ccnc(N(CC34CCC(c5ccc(OC)c(C)c5)(CC3)CC4)C(=O)[C@H]3CC[C@H](OC(=O)N4CC(C)C4)CC3)c2)cn1. The molecule has 0 atom stereocenters. The number of rotatable bonds is 11. The van der Waals surface area contributed by atoms with Gasteiger partial charge in [0.1, 0.15) is 17.7 Å². The highest BCUT2D eigenvalue weighted by Crippen LogP contribution is 2.58. The molecule has 0 unspecified atom stereocenters. The van der Waals surface area contributed by atoms with E-state index < -0.39 is 0 Å². The number of aromatic nitrogens is 3. The van der Waals surface area contributed by atoms with Crippen LogP contribution in [0.3, 0.4) is 0 Å². The van der Waals surface area contributed by atoms with Crippen molar-refractivity contribution in [3.8, 4) is 16.9 Å². The van der Waals surface area contributed by atoms with Crippen molar-refractivity contribution in [2.24, 2.45) is 17.3 Å². The van der Waals surface area contributed by atoms with Gasteiger partial charge in [-0.3, -0.25) is 14.4 Å². The molecule has 3 heterocycles. The maximum absolute atomic E-state index is 14.8. The number of benzene rings is 1. The molecule has 0 spiro atoms. The van der Waals surface area contributed by atoms with E-state index in [1.165, 1.54) is 11.1 Å². The third-order valence-electron chi connectivity index (χ3n) is 13.8. The molecular formula is C43H59N5O4. The van der Waals surface area contributed by atoms with Crippen LogP contribution in [0.25, 0.3) is 11.1 Å². The van der Waals surface area contributed by atoms with Gasteiger partial charge in [-0.1, -0.05) is 32.9 Å². The number of amides is 2. The molecule has 1 aromatic carbocycles. The van der Waals surface area contributed by atoms with Gasteiger partial charge in [0.2, 0.25) is 5.91 Å². The molecule has 2 aromatic heterocycles. The number of nitrogens with zero attached hydrogens (tertiary/aromatic N) is 5. The largest absolute Gasteiger partial charge is 0.496 e. The van der Waals surface area contributed by atoms with E-state index in [4.69, 9.17) is 19.6 Å². The lowest BCUT2D eigenvalue weighted by atomic mass is 9.51. The Hall–Kier alpha value is -3.88. The Balaban J connectivity index is 1.11. The van der Waals surface area contributed by atoms with Crippen LogP contribution in [0.15, 0.2) is 48.9 Å². The fourth-order valence-corrected chi connectivity index (χ4v) is 9.55. The summed E-state index contributed by atoms with van der Waals surface area (Å²) in [4.78, 5) is 36.1. The van der Waals surface area contributed by atoms with Crippen LogP contribution in [0.4, 0.5) is 10.6 Å². The van der Waals surface area contributed by atoms with E-state index in [9.17, 15) is 9.59 Å². The van der Waals surface area contributed by atoms with Gasteiger partial charge in [-0.15, -0.1) is 0 Å². The maximum Gasteiger partial charge on any atom is 0.410 e. The van der Waals surface area contributed by atoms with E-state index in [1.54, 1.807) is 12.0 Å². The molecule has 4 aliphatic carbocycles. The normalized spacial score (nSPS) is 26.2. The molecule has 1 aliphatic heterocycles. The highest BCUT2D eigenvalue weighted by Gasteiger charge is 2.51. The predicted octanol–water partition coefficient (Wildman–Crippen LogP) is 9.07. The number of likely N-dealkylation sites (tertiary alicyclic amines) is 1. The van der Waals surface area contributed by atoms with Gasteiger partial charge in [-0.25, -0.2) is 9.78 Å². The molecule has 8 rings (SSSR count). The van der Waals surface area contributed by atoms with E-state index in [2.05, 4.69) is 69.8 Å². The van der Waals surface area contributed by atoms with E-state index in [-0.39, 0.29) is 40.4 Å². The van der Waals surface area contributed by atoms with E-state index in [0.29, 0.717) is 25.3 Å². The summed E-state index contributed by atoms with van der Waals surface area (Å²) in [6.07, 6.45) is 17.2. The molecule has 5 fully saturated rings. The average molecular weight is 710 g/mol. The van der Waals surface area contributed by atoms with E-state index >= 15 is 0 Å². The molecule has 0 N–H and O–H groups in total. The van der Waals surface area contributed by atoms with Crippen LogP contribution in [-0.4, -0.2) is 64.5 Å². The van der Waals surface area contributed by atoms with Crippen LogP contribution in [0, 0.1) is 24.2 Å². The number of aryl methyl sites for hydroxylation is 1. The van der Waals surface area contributed by atoms with Crippen molar-refractivity contribution in [2.75, 3.05) is 31.6 Å². The first-order valence-electron chi connectivity index (χ1n) is 19.9. The number of pyridine rings is 1. The van der Waals surface area contributed by atoms with Gasteiger partial charge in [0.05, 0.1) is 18.8 Å². The number of anilines is 1. The van der Waals surface area contributed by atoms with Crippen LogP contribution in [0.2, 0.25) is 0 Å². The molecule has 1 saturated heterocycles. The number of methoxy groups -OCH3 is 1. The van der Waals surface area contributed by atoms with Crippen molar-refractivity contribution in [3.05, 3.63) is 60.0 Å². The summed E-state index contributed by atoms with van der Waals surface area (Å²) >= 11 is 0. The van der Waals surface area contributed by atoms with Crippen molar-refractivity contribution < 1.29 is 19.1 Å². The molecule has 2 bridgehead atoms. The number of carbonyl (C=O) groups excluding carboxylic acids is 2. The van der Waals surface area contributed by atoms with Crippen molar-refractivity contribution in [1.29, 1.82) is 0 Å². The van der Waals surface area contributed by atoms with Crippen molar-refractivity contribution >= 4 is 17.8 Å². The molecule has 9 nitrogen and oxygen atoms in total. The second-order valence-corrected chi connectivity index (χ2v) is 17.0. The molecule has 0 radical (unpaired) electrons. The lowest BCUT2D eigenvalue weighted by Crippen LogP contribution is -2.52. The first kappa shape index (κ1) is 36.5. The van der Waals surface area contributed by atoms with Crippen LogP contribution in [-0.2, 0) is 20.5 Å². The van der Waals surface area contributed by atoms with Crippen LogP contribution < -0.4 is 9.64 Å². The number of hydrogen-bond acceptors (Lipinski definition) is 6. The monoisotopic (exact) mass is 709 g/mol. The Morgan fingerprint density at radius 2 is 1.65 bits per heavy atom. The summed E-state index contributed by atoms with van der Waals surface area (Å²) in [5.74, 6) is 2.26. The minimum atomic E-state index is -0.202. The molecule has 9 heteroatoms. The fraction of sp³-hybridized carbons (Fsp3) is 0.628. The summed E-state index contributed by atoms with van der Waals surface area (Å²) in [6.45, 7) is 13.2. The Labute approximate surface area is 310 Å². The molecule has 4 saturated carbocycles. The number of carbonyl (C=O) groups is 2. The first-order valence-corrected chi connectivity index (χ1v) is 19.9. The van der Waals surface area contributed by atoms with Crippen molar-refractivity contribution in [1.82, 2.24) is 19.7 Å². The van der Waals surface area contributed by atoms with Crippen LogP contribution in [0.5, 0.6) is 5.75 Å². The van der Waals surface area contributed by atoms with Gasteiger partial charge in [0.25, 0.3) is 0 Å². The smallest absolute Gasteiger partial charge is 0.410 e. The van der Waals surface area contributed by atoms with Crippen molar-refractivity contribution in [2.45, 2.75) is 129 Å². The zero-order chi connectivity index (χ0) is 36.7. The molecular weight excluding hydrogens is 651 g/mol. The maximum atomic E-state index is 14.8. The summed E-state index contributed by atoms with van der Waals surface area (Å²) in [5.41, 5.74) is 4.91. The molecule has 5 aliphatic rings. The van der Waals surface area contributed by atoms with E-state index in [0.717, 1.165) is 100.0 Å². The standard InChI is InChI=1S/C43H59N5O4/c1-7-41(5,8-2)48-28-34(25-45-48)33-15-22-44-38(24-33)47(39(49)32-9-12-36(13-10-32)52-40(50)46-26-30(3)27-46)29-42-16-19-43(20-17-42,21-18-42)35-11-14-37(51-6)31(4)23-35/h11,14-15,22-25,28,30,32,36H,7-10,12-13,16-21,26-27,29H2,1-6H3/t32-,36-,42?,43?. The number of ether oxygens (including phenoxy) is 2. The molecule has 3 aromatic rings. The van der Waals surface area contributed by atoms with Crippen LogP contribution >= 0.6 is 0 Å². The second kappa shape index (κ2) is 14.5. The number of fused-ring (bicyclic) bond motifs is 3. The topological polar surface area (TPSA) is 89.8 Å². The third kappa shape index (κ3) is 6.96. The average Bonchev–Trinajstić information content (AvgIpc) is 3.68. The lowest BCUT2D eigenvalue weighted by molar-refractivity contribution is -0.124. The highest BCUT2D eigenvalue weighted by molar-refractivity contribution is 5.95. The first-order chi connectivity index (χ1) is 25.0. The quantitative estimate of drug-likeness (QED) is 0.197. The minimum Gasteiger partial charge on any atom is -0.496 e. The van der Waals surface area contributed by atoms with Gasteiger partial charge in [0.15, 0.2) is 0 Å². The summed E-state index contributed by atoms with van der Waals surface area (Å²) in [7, 11) is 1.74. The second-order valence-electron chi connectivity index (χ2n) is 17.0. The fourth-order valence-electron chi connectivity index (χ4n) is 9.55. The predicted molar refractivity (Wildman–Crippen MR) is 205 cm³/mol. The zero-order valence-corrected chi connectivity index (χ0v) is 32.3. The Morgan fingerprint density at radius 3 is 2.27 bits per heavy atom. The highest BCUT2D eigenvalue weighted by atomic mass is 16.6. The molecule has 280 valence electrons. The summed E-state index contributed by atoms with van der Waals surface area (Å²) in [6, 6.07) is 10.9. The lowest BCUT2D eigenvalue weighted by Gasteiger charge is -2.55. The van der Waals surface area contributed by atoms with Gasteiger partial charge in [0, 0.05) is 43.5 Å². The zero-order valence-electron chi connectivity index (χ0n) is 32.3. The van der Waals surface area contributed by atoms with Gasteiger partial charge in [-0.2, -0.15) is 5.10 Å². The Bertz CT molecular complexity index is 1720. The van der Waals surface area contributed by atoms with Gasteiger partial charge < -0.3 is 14.4 Å². The molecule has 2 amide bonds. The Morgan fingerprint density at radius 1 is 0.962 bits per heavy atom. The van der Waals surface area contributed by atoms with Crippen molar-refractivity contribution in [3.63, 3.8) is 0 Å². The third-order valence-corrected chi connectivity index (χ3v) is 13.8. The summed E-state index contributed by atoms with van der Waals surface area (Å²) in [5, 5.41) is 4.78. The number of hydrogen-bond donors (Lipinski definition) is 0. The Kier molecular flexibility index (Phi) is 10.2. The van der Waals surface area contributed by atoms with Gasteiger partial charge >= 0.3 is 6.09 Å². The minimum absolute atomic E-state index is 0.0438. The van der Waals surface area contributed by atoms with Crippen LogP contribution in [0.1, 0.15) is 116 Å². The molecule has 52 heavy (non-hydrogen) atoms. The van der Waals surface area contributed by atoms with Gasteiger partial charge in [-0.05, 0) is 143 Å². The van der Waals surface area contributed by atoms with E-state index in [1.807, 2.05) is 23.4 Å².